The number of hydrogen-bond acceptors (Lipinski definition) is 7. The van der Waals surface area contributed by atoms with E-state index in [1.54, 1.807) is 54.6 Å². The normalized spacial score (nSPS) is 11.6. The van der Waals surface area contributed by atoms with Gasteiger partial charge in [0.25, 0.3) is 11.8 Å². The van der Waals surface area contributed by atoms with Gasteiger partial charge >= 0.3 is 0 Å². The summed E-state index contributed by atoms with van der Waals surface area (Å²) in [7, 11) is 4.49. The third kappa shape index (κ3) is 8.90. The molecule has 0 heterocycles. The Labute approximate surface area is 267 Å². The topological polar surface area (TPSA) is 115 Å². The highest BCUT2D eigenvalue weighted by molar-refractivity contribution is 8.00. The molecule has 10 heteroatoms. The number of aryl methyl sites for hydroxylation is 1. The third-order valence-electron chi connectivity index (χ3n) is 6.61. The maximum atomic E-state index is 13.5. The highest BCUT2D eigenvalue weighted by Gasteiger charge is 2.19. The van der Waals surface area contributed by atoms with E-state index in [0.29, 0.717) is 34.1 Å². The predicted octanol–water partition coefficient (Wildman–Crippen LogP) is 6.55. The lowest BCUT2D eigenvalue weighted by Crippen LogP contribution is -2.30. The molecule has 0 aliphatic heterocycles. The van der Waals surface area contributed by atoms with Crippen molar-refractivity contribution in [3.05, 3.63) is 113 Å². The Morgan fingerprint density at radius 2 is 1.42 bits per heavy atom. The van der Waals surface area contributed by atoms with Crippen molar-refractivity contribution in [2.45, 2.75) is 24.0 Å². The number of nitrogens with one attached hydrogen (secondary N) is 3. The minimum absolute atomic E-state index is 0.00183. The van der Waals surface area contributed by atoms with Crippen molar-refractivity contribution in [1.29, 1.82) is 0 Å². The van der Waals surface area contributed by atoms with Gasteiger partial charge < -0.3 is 30.2 Å². The fourth-order valence-corrected chi connectivity index (χ4v) is 5.20. The first-order valence-corrected chi connectivity index (χ1v) is 14.9. The second-order valence-corrected chi connectivity index (χ2v) is 11.3. The standard InChI is InChI=1S/C35H35N3O6S/c1-22-10-9-13-27(18-22)37-33(39)23(2)45-28-16-14-26(15-17-28)36-35(41)29(38-34(40)25-11-7-6-8-12-25)19-24-20-30(42-3)32(44-5)31(21-24)43-4/h6-21,23H,1-5H3,(H,36,41)(H,37,39)(H,38,40)/b29-19-. The zero-order valence-electron chi connectivity index (χ0n) is 25.7. The van der Waals surface area contributed by atoms with Gasteiger partial charge in [0.05, 0.1) is 26.6 Å². The molecule has 0 radical (unpaired) electrons. The smallest absolute Gasteiger partial charge is 0.272 e. The van der Waals surface area contributed by atoms with E-state index in [2.05, 4.69) is 16.0 Å². The monoisotopic (exact) mass is 625 g/mol. The average molecular weight is 626 g/mol. The van der Waals surface area contributed by atoms with Crippen LogP contribution in [-0.4, -0.2) is 44.3 Å². The summed E-state index contributed by atoms with van der Waals surface area (Å²) in [5.74, 6) is 0.0859. The van der Waals surface area contributed by atoms with E-state index >= 15 is 0 Å². The Morgan fingerprint density at radius 3 is 2.02 bits per heavy atom. The van der Waals surface area contributed by atoms with Crippen LogP contribution in [-0.2, 0) is 9.59 Å². The Balaban J connectivity index is 1.52. The second kappa shape index (κ2) is 15.5. The Morgan fingerprint density at radius 1 is 0.756 bits per heavy atom. The summed E-state index contributed by atoms with van der Waals surface area (Å²) in [4.78, 5) is 40.1. The molecule has 4 aromatic rings. The van der Waals surface area contributed by atoms with Crippen LogP contribution in [0.1, 0.15) is 28.4 Å². The second-order valence-electron chi connectivity index (χ2n) is 9.93. The molecule has 4 aromatic carbocycles. The van der Waals surface area contributed by atoms with E-state index in [-0.39, 0.29) is 16.9 Å². The maximum Gasteiger partial charge on any atom is 0.272 e. The van der Waals surface area contributed by atoms with Gasteiger partial charge in [-0.1, -0.05) is 30.3 Å². The van der Waals surface area contributed by atoms with E-state index in [0.717, 1.165) is 16.1 Å². The SMILES string of the molecule is COc1cc(/C=C(\NC(=O)c2ccccc2)C(=O)Nc2ccc(SC(C)C(=O)Nc3cccc(C)c3)cc2)cc(OC)c1OC. The van der Waals surface area contributed by atoms with Crippen LogP contribution >= 0.6 is 11.8 Å². The number of carbonyl (C=O) groups excluding carboxylic acids is 3. The number of rotatable bonds is 12. The van der Waals surface area contributed by atoms with Crippen molar-refractivity contribution in [3.8, 4) is 17.2 Å². The summed E-state index contributed by atoms with van der Waals surface area (Å²) < 4.78 is 16.3. The van der Waals surface area contributed by atoms with Crippen molar-refractivity contribution in [3.63, 3.8) is 0 Å². The van der Waals surface area contributed by atoms with Crippen LogP contribution in [0.15, 0.2) is 102 Å². The summed E-state index contributed by atoms with van der Waals surface area (Å²) in [6.45, 7) is 3.80. The molecule has 1 atom stereocenters. The predicted molar refractivity (Wildman–Crippen MR) is 178 cm³/mol. The number of amides is 3. The maximum absolute atomic E-state index is 13.5. The molecule has 3 N–H and O–H groups in total. The fraction of sp³-hybridized carbons (Fsp3) is 0.171. The van der Waals surface area contributed by atoms with Gasteiger partial charge in [0.15, 0.2) is 11.5 Å². The zero-order chi connectivity index (χ0) is 32.3. The minimum Gasteiger partial charge on any atom is -0.493 e. The molecule has 0 fully saturated rings. The molecule has 45 heavy (non-hydrogen) atoms. The van der Waals surface area contributed by atoms with Crippen LogP contribution in [0, 0.1) is 6.92 Å². The lowest BCUT2D eigenvalue weighted by molar-refractivity contribution is -0.115. The van der Waals surface area contributed by atoms with Crippen molar-refractivity contribution in [2.75, 3.05) is 32.0 Å². The van der Waals surface area contributed by atoms with E-state index in [1.165, 1.54) is 39.2 Å². The van der Waals surface area contributed by atoms with Gasteiger partial charge in [0.1, 0.15) is 5.70 Å². The van der Waals surface area contributed by atoms with Crippen LogP contribution in [0.25, 0.3) is 6.08 Å². The van der Waals surface area contributed by atoms with Crippen LogP contribution in [0.4, 0.5) is 11.4 Å². The van der Waals surface area contributed by atoms with E-state index < -0.39 is 11.8 Å². The summed E-state index contributed by atoms with van der Waals surface area (Å²) in [6.07, 6.45) is 1.53. The highest BCUT2D eigenvalue weighted by atomic mass is 32.2. The van der Waals surface area contributed by atoms with E-state index in [4.69, 9.17) is 14.2 Å². The Bertz CT molecular complexity index is 1660. The van der Waals surface area contributed by atoms with Crippen molar-refractivity contribution >= 4 is 46.9 Å². The van der Waals surface area contributed by atoms with Gasteiger partial charge in [-0.05, 0) is 91.7 Å². The molecule has 0 aliphatic carbocycles. The van der Waals surface area contributed by atoms with Crippen LogP contribution in [0.2, 0.25) is 0 Å². The van der Waals surface area contributed by atoms with Gasteiger partial charge in [-0.3, -0.25) is 14.4 Å². The van der Waals surface area contributed by atoms with E-state index in [9.17, 15) is 14.4 Å². The van der Waals surface area contributed by atoms with Crippen molar-refractivity contribution in [1.82, 2.24) is 5.32 Å². The molecule has 3 amide bonds. The average Bonchev–Trinajstić information content (AvgIpc) is 3.05. The van der Waals surface area contributed by atoms with Gasteiger partial charge in [-0.15, -0.1) is 11.8 Å². The van der Waals surface area contributed by atoms with Crippen LogP contribution in [0.3, 0.4) is 0 Å². The fourth-order valence-electron chi connectivity index (χ4n) is 4.33. The van der Waals surface area contributed by atoms with Gasteiger partial charge in [-0.2, -0.15) is 0 Å². The van der Waals surface area contributed by atoms with Crippen LogP contribution in [0.5, 0.6) is 17.2 Å². The molecule has 4 rings (SSSR count). The molecular weight excluding hydrogens is 590 g/mol. The summed E-state index contributed by atoms with van der Waals surface area (Å²) in [5, 5.41) is 8.16. The molecule has 0 aromatic heterocycles. The van der Waals surface area contributed by atoms with Gasteiger partial charge in [0.2, 0.25) is 11.7 Å². The first-order valence-electron chi connectivity index (χ1n) is 14.0. The Hall–Kier alpha value is -5.22. The number of hydrogen-bond donors (Lipinski definition) is 3. The number of thioether (sulfide) groups is 1. The van der Waals surface area contributed by atoms with Crippen LogP contribution < -0.4 is 30.2 Å². The van der Waals surface area contributed by atoms with Crippen molar-refractivity contribution < 1.29 is 28.6 Å². The first kappa shape index (κ1) is 32.7. The molecule has 0 bridgehead atoms. The quantitative estimate of drug-likeness (QED) is 0.121. The number of benzene rings is 4. The summed E-state index contributed by atoms with van der Waals surface area (Å²) in [6, 6.07) is 26.7. The molecule has 0 saturated heterocycles. The molecule has 1 unspecified atom stereocenters. The van der Waals surface area contributed by atoms with E-state index in [1.807, 2.05) is 50.2 Å². The molecule has 0 spiro atoms. The molecular formula is C35H35N3O6S. The minimum atomic E-state index is -0.542. The lowest BCUT2D eigenvalue weighted by Gasteiger charge is -2.15. The first-order chi connectivity index (χ1) is 21.7. The van der Waals surface area contributed by atoms with Gasteiger partial charge in [0, 0.05) is 21.8 Å². The number of carbonyl (C=O) groups is 3. The largest absolute Gasteiger partial charge is 0.493 e. The number of anilines is 2. The Kier molecular flexibility index (Phi) is 11.3. The van der Waals surface area contributed by atoms with Crippen molar-refractivity contribution in [2.24, 2.45) is 0 Å². The van der Waals surface area contributed by atoms with Gasteiger partial charge in [-0.25, -0.2) is 0 Å². The summed E-state index contributed by atoms with van der Waals surface area (Å²) >= 11 is 1.40. The molecule has 0 aliphatic rings. The molecule has 9 nitrogen and oxygen atoms in total. The highest BCUT2D eigenvalue weighted by Crippen LogP contribution is 2.38. The molecule has 232 valence electrons. The molecule has 0 saturated carbocycles. The zero-order valence-corrected chi connectivity index (χ0v) is 26.5. The third-order valence-corrected chi connectivity index (χ3v) is 7.72. The number of ether oxygens (including phenoxy) is 3. The summed E-state index contributed by atoms with van der Waals surface area (Å²) in [5.41, 5.74) is 3.24. The number of methoxy groups -OCH3 is 3. The lowest BCUT2D eigenvalue weighted by atomic mass is 10.1.